The smallest absolute Gasteiger partial charge is 0.0637 e. The van der Waals surface area contributed by atoms with Gasteiger partial charge in [-0.05, 0) is 36.6 Å². The predicted molar refractivity (Wildman–Crippen MR) is 82.9 cm³/mol. The SMILES string of the molecule is CCSC1CCC(NCc2cccc(Cl)c2Cl)C1. The maximum absolute atomic E-state index is 6.18. The van der Waals surface area contributed by atoms with Crippen molar-refractivity contribution in [3.63, 3.8) is 0 Å². The van der Waals surface area contributed by atoms with Crippen molar-refractivity contribution in [1.29, 1.82) is 0 Å². The van der Waals surface area contributed by atoms with Gasteiger partial charge in [0.25, 0.3) is 0 Å². The molecule has 18 heavy (non-hydrogen) atoms. The van der Waals surface area contributed by atoms with Crippen molar-refractivity contribution in [2.24, 2.45) is 0 Å². The topological polar surface area (TPSA) is 12.0 Å². The van der Waals surface area contributed by atoms with E-state index >= 15 is 0 Å². The highest BCUT2D eigenvalue weighted by Gasteiger charge is 2.24. The number of benzene rings is 1. The molecule has 1 nitrogen and oxygen atoms in total. The van der Waals surface area contributed by atoms with Gasteiger partial charge in [0.15, 0.2) is 0 Å². The van der Waals surface area contributed by atoms with E-state index in [0.29, 0.717) is 16.1 Å². The molecule has 100 valence electrons. The Morgan fingerprint density at radius 3 is 2.94 bits per heavy atom. The van der Waals surface area contributed by atoms with E-state index in [9.17, 15) is 0 Å². The monoisotopic (exact) mass is 303 g/mol. The third-order valence-electron chi connectivity index (χ3n) is 3.40. The van der Waals surface area contributed by atoms with Gasteiger partial charge in [-0.3, -0.25) is 0 Å². The van der Waals surface area contributed by atoms with Crippen molar-refractivity contribution in [2.45, 2.75) is 44.0 Å². The lowest BCUT2D eigenvalue weighted by atomic mass is 10.2. The van der Waals surface area contributed by atoms with Crippen LogP contribution in [0, 0.1) is 0 Å². The zero-order chi connectivity index (χ0) is 13.0. The van der Waals surface area contributed by atoms with E-state index in [-0.39, 0.29) is 0 Å². The first-order valence-corrected chi connectivity index (χ1v) is 8.29. The Hall–Kier alpha value is 0.110. The molecule has 2 unspecified atom stereocenters. The van der Waals surface area contributed by atoms with Crippen LogP contribution in [0.2, 0.25) is 10.0 Å². The summed E-state index contributed by atoms with van der Waals surface area (Å²) in [5, 5.41) is 5.76. The van der Waals surface area contributed by atoms with Gasteiger partial charge < -0.3 is 5.32 Å². The molecule has 0 amide bonds. The van der Waals surface area contributed by atoms with Gasteiger partial charge in [0.1, 0.15) is 0 Å². The normalized spacial score (nSPS) is 23.5. The Labute approximate surface area is 124 Å². The van der Waals surface area contributed by atoms with Gasteiger partial charge in [-0.15, -0.1) is 0 Å². The molecule has 2 rings (SSSR count). The summed E-state index contributed by atoms with van der Waals surface area (Å²) in [6, 6.07) is 6.45. The Morgan fingerprint density at radius 2 is 2.17 bits per heavy atom. The molecule has 0 aromatic heterocycles. The summed E-state index contributed by atoms with van der Waals surface area (Å²) in [6.45, 7) is 3.05. The van der Waals surface area contributed by atoms with Gasteiger partial charge in [-0.1, -0.05) is 42.3 Å². The molecule has 1 saturated carbocycles. The van der Waals surface area contributed by atoms with Crippen LogP contribution in [0.25, 0.3) is 0 Å². The highest BCUT2D eigenvalue weighted by atomic mass is 35.5. The van der Waals surface area contributed by atoms with E-state index in [1.54, 1.807) is 0 Å². The van der Waals surface area contributed by atoms with E-state index in [2.05, 4.69) is 24.0 Å². The first-order valence-electron chi connectivity index (χ1n) is 6.48. The number of halogens is 2. The number of hydrogen-bond donors (Lipinski definition) is 1. The molecular weight excluding hydrogens is 285 g/mol. The zero-order valence-corrected chi connectivity index (χ0v) is 12.9. The summed E-state index contributed by atoms with van der Waals surface area (Å²) in [5.41, 5.74) is 1.09. The molecular formula is C14H19Cl2NS. The molecule has 0 heterocycles. The second kappa shape index (κ2) is 7.04. The van der Waals surface area contributed by atoms with Crippen molar-refractivity contribution >= 4 is 35.0 Å². The molecule has 1 aromatic carbocycles. The van der Waals surface area contributed by atoms with Crippen LogP contribution in [0.1, 0.15) is 31.7 Å². The standard InChI is InChI=1S/C14H19Cl2NS/c1-2-18-12-7-6-11(8-12)17-9-10-4-3-5-13(15)14(10)16/h3-5,11-12,17H,2,6-9H2,1H3. The molecule has 1 aliphatic carbocycles. The van der Waals surface area contributed by atoms with Crippen molar-refractivity contribution in [3.8, 4) is 0 Å². The maximum atomic E-state index is 6.18. The highest BCUT2D eigenvalue weighted by Crippen LogP contribution is 2.30. The van der Waals surface area contributed by atoms with Crippen molar-refractivity contribution in [1.82, 2.24) is 5.32 Å². The molecule has 1 aliphatic rings. The van der Waals surface area contributed by atoms with Crippen molar-refractivity contribution < 1.29 is 0 Å². The summed E-state index contributed by atoms with van der Waals surface area (Å²) < 4.78 is 0. The minimum Gasteiger partial charge on any atom is -0.310 e. The summed E-state index contributed by atoms with van der Waals surface area (Å²) in [5.74, 6) is 1.22. The van der Waals surface area contributed by atoms with E-state index in [0.717, 1.165) is 17.4 Å². The lowest BCUT2D eigenvalue weighted by Crippen LogP contribution is -2.26. The van der Waals surface area contributed by atoms with Crippen LogP contribution in [0.15, 0.2) is 18.2 Å². The lowest BCUT2D eigenvalue weighted by Gasteiger charge is -2.14. The van der Waals surface area contributed by atoms with E-state index in [1.807, 2.05) is 18.2 Å². The molecule has 0 radical (unpaired) electrons. The van der Waals surface area contributed by atoms with Crippen molar-refractivity contribution in [2.75, 3.05) is 5.75 Å². The van der Waals surface area contributed by atoms with Crippen LogP contribution in [0.4, 0.5) is 0 Å². The zero-order valence-electron chi connectivity index (χ0n) is 10.6. The average molecular weight is 304 g/mol. The minimum absolute atomic E-state index is 0.629. The highest BCUT2D eigenvalue weighted by molar-refractivity contribution is 7.99. The van der Waals surface area contributed by atoms with E-state index < -0.39 is 0 Å². The maximum Gasteiger partial charge on any atom is 0.0637 e. The van der Waals surface area contributed by atoms with Gasteiger partial charge in [0, 0.05) is 17.8 Å². The summed E-state index contributed by atoms with van der Waals surface area (Å²) in [4.78, 5) is 0. The Kier molecular flexibility index (Phi) is 5.68. The Balaban J connectivity index is 1.83. The number of hydrogen-bond acceptors (Lipinski definition) is 2. The number of rotatable bonds is 5. The predicted octanol–water partition coefficient (Wildman–Crippen LogP) is 4.76. The van der Waals surface area contributed by atoms with Crippen LogP contribution in [0.3, 0.4) is 0 Å². The third kappa shape index (κ3) is 3.80. The largest absolute Gasteiger partial charge is 0.310 e. The van der Waals surface area contributed by atoms with Crippen molar-refractivity contribution in [3.05, 3.63) is 33.8 Å². The fraction of sp³-hybridized carbons (Fsp3) is 0.571. The van der Waals surface area contributed by atoms with Crippen LogP contribution < -0.4 is 5.32 Å². The van der Waals surface area contributed by atoms with Crippen LogP contribution in [-0.2, 0) is 6.54 Å². The molecule has 4 heteroatoms. The van der Waals surface area contributed by atoms with Crippen LogP contribution in [0.5, 0.6) is 0 Å². The molecule has 0 bridgehead atoms. The van der Waals surface area contributed by atoms with Crippen LogP contribution in [-0.4, -0.2) is 17.0 Å². The molecule has 0 spiro atoms. The van der Waals surface area contributed by atoms with E-state index in [4.69, 9.17) is 23.2 Å². The number of nitrogens with one attached hydrogen (secondary N) is 1. The molecule has 1 aromatic rings. The quantitative estimate of drug-likeness (QED) is 0.842. The first kappa shape index (κ1) is 14.5. The molecule has 2 atom stereocenters. The van der Waals surface area contributed by atoms with Gasteiger partial charge in [-0.2, -0.15) is 11.8 Å². The fourth-order valence-electron chi connectivity index (χ4n) is 2.45. The summed E-state index contributed by atoms with van der Waals surface area (Å²) in [7, 11) is 0. The minimum atomic E-state index is 0.629. The van der Waals surface area contributed by atoms with Gasteiger partial charge in [-0.25, -0.2) is 0 Å². The Morgan fingerprint density at radius 1 is 1.33 bits per heavy atom. The summed E-state index contributed by atoms with van der Waals surface area (Å²) in [6.07, 6.45) is 3.88. The second-order valence-electron chi connectivity index (χ2n) is 4.68. The average Bonchev–Trinajstić information content (AvgIpc) is 2.79. The van der Waals surface area contributed by atoms with Gasteiger partial charge >= 0.3 is 0 Å². The molecule has 0 saturated heterocycles. The van der Waals surface area contributed by atoms with Gasteiger partial charge in [0.05, 0.1) is 10.0 Å². The van der Waals surface area contributed by atoms with Gasteiger partial charge in [0.2, 0.25) is 0 Å². The number of thioether (sulfide) groups is 1. The Bertz CT molecular complexity index is 397. The fourth-order valence-corrected chi connectivity index (χ4v) is 3.98. The molecule has 0 aliphatic heterocycles. The second-order valence-corrected chi connectivity index (χ2v) is 7.04. The van der Waals surface area contributed by atoms with E-state index in [1.165, 1.54) is 25.0 Å². The molecule has 1 N–H and O–H groups in total. The third-order valence-corrected chi connectivity index (χ3v) is 5.49. The summed E-state index contributed by atoms with van der Waals surface area (Å²) >= 11 is 14.3. The molecule has 1 fully saturated rings. The van der Waals surface area contributed by atoms with Crippen LogP contribution >= 0.6 is 35.0 Å². The first-order chi connectivity index (χ1) is 8.70. The lowest BCUT2D eigenvalue weighted by molar-refractivity contribution is 0.525.